The van der Waals surface area contributed by atoms with E-state index in [0.29, 0.717) is 11.3 Å². The Morgan fingerprint density at radius 1 is 1.37 bits per heavy atom. The number of pyridine rings is 1. The van der Waals surface area contributed by atoms with Crippen molar-refractivity contribution in [1.82, 2.24) is 4.98 Å². The van der Waals surface area contributed by atoms with Crippen LogP contribution in [0.4, 0.5) is 0 Å². The van der Waals surface area contributed by atoms with Crippen LogP contribution in [0.1, 0.15) is 10.4 Å². The van der Waals surface area contributed by atoms with E-state index in [1.165, 1.54) is 20.3 Å². The largest absolute Gasteiger partial charge is 0.494 e. The summed E-state index contributed by atoms with van der Waals surface area (Å²) < 4.78 is 10.2. The number of benzene rings is 1. The van der Waals surface area contributed by atoms with E-state index in [-0.39, 0.29) is 16.2 Å². The number of rotatable bonds is 3. The van der Waals surface area contributed by atoms with Gasteiger partial charge < -0.3 is 19.6 Å². The average molecular weight is 284 g/mol. The normalized spacial score (nSPS) is 10.5. The molecule has 19 heavy (non-hydrogen) atoms. The summed E-state index contributed by atoms with van der Waals surface area (Å²) in [5.74, 6) is -0.888. The van der Waals surface area contributed by atoms with Gasteiger partial charge in [-0.1, -0.05) is 11.6 Å². The SMILES string of the molecule is COc1cc(Cl)c(OC)c2c(=O)c(C(=O)O)c[nH]c12. The van der Waals surface area contributed by atoms with Gasteiger partial charge in [-0.2, -0.15) is 0 Å². The molecule has 0 saturated carbocycles. The predicted octanol–water partition coefficient (Wildman–Crippen LogP) is 1.90. The molecule has 0 aliphatic carbocycles. The molecule has 1 aromatic heterocycles. The first-order valence-corrected chi connectivity index (χ1v) is 5.58. The number of aromatic amines is 1. The highest BCUT2D eigenvalue weighted by molar-refractivity contribution is 6.33. The molecule has 0 aliphatic heterocycles. The standard InChI is InChI=1S/C12H10ClNO5/c1-18-7-3-6(13)11(19-2)8-9(7)14-4-5(10(8)15)12(16)17/h3-4H,1-2H3,(H,14,15)(H,16,17). The molecule has 2 aromatic rings. The van der Waals surface area contributed by atoms with Crippen molar-refractivity contribution in [2.45, 2.75) is 0 Å². The number of hydrogen-bond donors (Lipinski definition) is 2. The zero-order chi connectivity index (χ0) is 14.2. The van der Waals surface area contributed by atoms with Crippen molar-refractivity contribution in [2.75, 3.05) is 14.2 Å². The van der Waals surface area contributed by atoms with Crippen molar-refractivity contribution in [3.8, 4) is 11.5 Å². The molecule has 100 valence electrons. The van der Waals surface area contributed by atoms with E-state index in [1.54, 1.807) is 0 Å². The Morgan fingerprint density at radius 3 is 2.58 bits per heavy atom. The summed E-state index contributed by atoms with van der Waals surface area (Å²) in [5.41, 5.74) is -0.743. The van der Waals surface area contributed by atoms with E-state index in [1.807, 2.05) is 0 Å². The number of nitrogens with one attached hydrogen (secondary N) is 1. The lowest BCUT2D eigenvalue weighted by molar-refractivity contribution is 0.0695. The highest BCUT2D eigenvalue weighted by Crippen LogP contribution is 2.36. The number of hydrogen-bond acceptors (Lipinski definition) is 4. The van der Waals surface area contributed by atoms with Crippen LogP contribution in [-0.4, -0.2) is 30.3 Å². The molecule has 0 spiro atoms. The van der Waals surface area contributed by atoms with Crippen LogP contribution in [0.25, 0.3) is 10.9 Å². The Bertz CT molecular complexity index is 722. The average Bonchev–Trinajstić information content (AvgIpc) is 2.38. The minimum atomic E-state index is -1.33. The summed E-state index contributed by atoms with van der Waals surface area (Å²) in [6.45, 7) is 0. The number of H-pyrrole nitrogens is 1. The number of carboxylic acid groups (broad SMARTS) is 1. The van der Waals surface area contributed by atoms with E-state index in [0.717, 1.165) is 6.20 Å². The molecule has 0 saturated heterocycles. The van der Waals surface area contributed by atoms with Gasteiger partial charge in [0.05, 0.1) is 30.1 Å². The molecule has 2 N–H and O–H groups in total. The first-order valence-electron chi connectivity index (χ1n) is 5.20. The van der Waals surface area contributed by atoms with Crippen LogP contribution < -0.4 is 14.9 Å². The molecule has 0 amide bonds. The van der Waals surface area contributed by atoms with Gasteiger partial charge in [0, 0.05) is 12.3 Å². The van der Waals surface area contributed by atoms with E-state index in [4.69, 9.17) is 26.2 Å². The quantitative estimate of drug-likeness (QED) is 0.898. The van der Waals surface area contributed by atoms with Crippen LogP contribution in [0.3, 0.4) is 0 Å². The van der Waals surface area contributed by atoms with Crippen LogP contribution in [0, 0.1) is 0 Å². The number of aromatic nitrogens is 1. The van der Waals surface area contributed by atoms with Crippen LogP contribution in [-0.2, 0) is 0 Å². The number of halogens is 1. The zero-order valence-corrected chi connectivity index (χ0v) is 10.9. The number of carboxylic acids is 1. The van der Waals surface area contributed by atoms with Gasteiger partial charge in [0.25, 0.3) is 0 Å². The third-order valence-corrected chi connectivity index (χ3v) is 2.97. The van der Waals surface area contributed by atoms with Crippen molar-refractivity contribution in [3.63, 3.8) is 0 Å². The first kappa shape index (κ1) is 13.2. The third kappa shape index (κ3) is 2.00. The maximum atomic E-state index is 12.2. The number of ether oxygens (including phenoxy) is 2. The minimum Gasteiger partial charge on any atom is -0.494 e. The summed E-state index contributed by atoms with van der Waals surface area (Å²) in [7, 11) is 2.76. The molecule has 0 unspecified atom stereocenters. The Balaban J connectivity index is 3.02. The lowest BCUT2D eigenvalue weighted by Gasteiger charge is -2.11. The lowest BCUT2D eigenvalue weighted by Crippen LogP contribution is -2.16. The summed E-state index contributed by atoms with van der Waals surface area (Å²) in [6, 6.07) is 1.49. The highest BCUT2D eigenvalue weighted by Gasteiger charge is 2.19. The summed E-state index contributed by atoms with van der Waals surface area (Å²) in [6.07, 6.45) is 1.11. The number of aromatic carboxylic acids is 1. The maximum absolute atomic E-state index is 12.2. The topological polar surface area (TPSA) is 88.6 Å². The monoisotopic (exact) mass is 283 g/mol. The molecule has 0 radical (unpaired) electrons. The van der Waals surface area contributed by atoms with E-state index in [2.05, 4.69) is 4.98 Å². The summed E-state index contributed by atoms with van der Waals surface area (Å²) >= 11 is 5.99. The number of fused-ring (bicyclic) bond motifs is 1. The molecular formula is C12H10ClNO5. The van der Waals surface area contributed by atoms with Crippen LogP contribution in [0.5, 0.6) is 11.5 Å². The number of carbonyl (C=O) groups is 1. The lowest BCUT2D eigenvalue weighted by atomic mass is 10.1. The Labute approximate surface area is 112 Å². The van der Waals surface area contributed by atoms with Crippen molar-refractivity contribution in [3.05, 3.63) is 33.1 Å². The van der Waals surface area contributed by atoms with Gasteiger partial charge >= 0.3 is 5.97 Å². The molecule has 7 heteroatoms. The second kappa shape index (κ2) is 4.81. The minimum absolute atomic E-state index is 0.0479. The molecule has 6 nitrogen and oxygen atoms in total. The molecule has 1 heterocycles. The molecule has 0 atom stereocenters. The van der Waals surface area contributed by atoms with Gasteiger partial charge in [-0.15, -0.1) is 0 Å². The first-order chi connectivity index (χ1) is 9.01. The van der Waals surface area contributed by atoms with Gasteiger partial charge in [0.2, 0.25) is 5.43 Å². The van der Waals surface area contributed by atoms with E-state index in [9.17, 15) is 9.59 Å². The molecular weight excluding hydrogens is 274 g/mol. The fraction of sp³-hybridized carbons (Fsp3) is 0.167. The Hall–Kier alpha value is -2.21. The summed E-state index contributed by atoms with van der Waals surface area (Å²) in [4.78, 5) is 25.9. The molecule has 0 bridgehead atoms. The fourth-order valence-electron chi connectivity index (χ4n) is 1.83. The Kier molecular flexibility index (Phi) is 3.35. The van der Waals surface area contributed by atoms with Crippen molar-refractivity contribution >= 4 is 28.5 Å². The molecule has 0 aliphatic rings. The third-order valence-electron chi connectivity index (χ3n) is 2.69. The second-order valence-electron chi connectivity index (χ2n) is 3.68. The van der Waals surface area contributed by atoms with E-state index < -0.39 is 17.0 Å². The van der Waals surface area contributed by atoms with Crippen molar-refractivity contribution in [2.24, 2.45) is 0 Å². The summed E-state index contributed by atoms with van der Waals surface area (Å²) in [5, 5.41) is 9.17. The molecule has 1 aromatic carbocycles. The smallest absolute Gasteiger partial charge is 0.341 e. The Morgan fingerprint density at radius 2 is 2.05 bits per heavy atom. The van der Waals surface area contributed by atoms with Gasteiger partial charge in [-0.25, -0.2) is 4.79 Å². The highest BCUT2D eigenvalue weighted by atomic mass is 35.5. The van der Waals surface area contributed by atoms with Gasteiger partial charge in [-0.05, 0) is 0 Å². The van der Waals surface area contributed by atoms with Crippen molar-refractivity contribution in [1.29, 1.82) is 0 Å². The zero-order valence-electron chi connectivity index (χ0n) is 10.1. The van der Waals surface area contributed by atoms with Gasteiger partial charge in [0.15, 0.2) is 5.75 Å². The predicted molar refractivity (Wildman–Crippen MR) is 69.6 cm³/mol. The van der Waals surface area contributed by atoms with Gasteiger partial charge in [-0.3, -0.25) is 4.79 Å². The maximum Gasteiger partial charge on any atom is 0.341 e. The van der Waals surface area contributed by atoms with Crippen LogP contribution in [0.15, 0.2) is 17.1 Å². The number of methoxy groups -OCH3 is 2. The fourth-order valence-corrected chi connectivity index (χ4v) is 2.10. The van der Waals surface area contributed by atoms with Gasteiger partial charge in [0.1, 0.15) is 11.3 Å². The van der Waals surface area contributed by atoms with Crippen LogP contribution >= 0.6 is 11.6 Å². The van der Waals surface area contributed by atoms with Crippen molar-refractivity contribution < 1.29 is 19.4 Å². The second-order valence-corrected chi connectivity index (χ2v) is 4.09. The van der Waals surface area contributed by atoms with E-state index >= 15 is 0 Å². The van der Waals surface area contributed by atoms with Crippen LogP contribution in [0.2, 0.25) is 5.02 Å². The molecule has 2 rings (SSSR count). The molecule has 0 fully saturated rings.